The number of rotatable bonds is 41. The number of nitrogens with two attached hydrogens (primary N) is 3. The Morgan fingerprint density at radius 3 is 1.76 bits per heavy atom. The molecule has 0 fully saturated rings. The molecule has 0 saturated carbocycles. The number of hydrogen-bond donors (Lipinski definition) is 10. The predicted octanol–water partition coefficient (Wildman–Crippen LogP) is 5.89. The van der Waals surface area contributed by atoms with Gasteiger partial charge < -0.3 is 78.3 Å². The fourth-order valence-electron chi connectivity index (χ4n) is 6.72. The summed E-state index contributed by atoms with van der Waals surface area (Å²) in [5, 5.41) is 18.9. The van der Waals surface area contributed by atoms with Crippen LogP contribution in [0.5, 0.6) is 0 Å². The highest BCUT2D eigenvalue weighted by molar-refractivity contribution is 5.88. The molecule has 2 aromatic carbocycles. The number of aliphatic imine (C=N–C) groups is 1. The van der Waals surface area contributed by atoms with Crippen molar-refractivity contribution in [1.82, 2.24) is 37.2 Å². The summed E-state index contributed by atoms with van der Waals surface area (Å²) in [6.45, 7) is 25.4. The molecule has 0 aliphatic carbocycles. The number of hydrogen-bond acceptors (Lipinski definition) is 17. The smallest absolute Gasteiger partial charge is 0.239 e. The van der Waals surface area contributed by atoms with Crippen LogP contribution in [-0.4, -0.2) is 171 Å². The quantitative estimate of drug-likeness (QED) is 0.0160. The largest absolute Gasteiger partial charge is 0.390 e. The van der Waals surface area contributed by atoms with Gasteiger partial charge in [-0.3, -0.25) is 38.6 Å². The molecule has 2 aromatic rings. The van der Waals surface area contributed by atoms with Crippen molar-refractivity contribution in [3.63, 3.8) is 0 Å². The minimum absolute atomic E-state index is 0.0125. The van der Waals surface area contributed by atoms with Crippen molar-refractivity contribution < 1.29 is 57.4 Å². The van der Waals surface area contributed by atoms with Gasteiger partial charge in [0.05, 0.1) is 57.4 Å². The van der Waals surface area contributed by atoms with E-state index >= 15 is 0 Å². The Balaban J connectivity index is -0.000000236. The third-order valence-electron chi connectivity index (χ3n) is 11.7. The van der Waals surface area contributed by atoms with E-state index in [2.05, 4.69) is 101 Å². The van der Waals surface area contributed by atoms with Gasteiger partial charge in [-0.1, -0.05) is 139 Å². The second kappa shape index (κ2) is 74.8. The maximum Gasteiger partial charge on any atom is 0.239 e. The summed E-state index contributed by atoms with van der Waals surface area (Å²) in [4.78, 5) is 111. The van der Waals surface area contributed by atoms with Gasteiger partial charge in [-0.25, -0.2) is 0 Å². The van der Waals surface area contributed by atoms with E-state index in [9.17, 15) is 47.9 Å². The van der Waals surface area contributed by atoms with Gasteiger partial charge in [-0.05, 0) is 118 Å². The minimum atomic E-state index is -0.538. The summed E-state index contributed by atoms with van der Waals surface area (Å²) in [5.74, 6) is -0.262. The van der Waals surface area contributed by atoms with Crippen molar-refractivity contribution in [2.45, 2.75) is 203 Å². The number of unbranched alkanes of at least 4 members (excludes halogenated alkanes) is 4. The van der Waals surface area contributed by atoms with Crippen LogP contribution < -0.4 is 54.4 Å². The maximum atomic E-state index is 11.5. The van der Waals surface area contributed by atoms with Gasteiger partial charge >= 0.3 is 0 Å². The van der Waals surface area contributed by atoms with Crippen molar-refractivity contribution in [1.29, 1.82) is 0 Å². The first kappa shape index (κ1) is 94.5. The fraction of sp³-hybridized carbons (Fsp3) is 0.657. The molecule has 0 saturated heterocycles. The zero-order valence-electron chi connectivity index (χ0n) is 57.4. The highest BCUT2D eigenvalue weighted by atomic mass is 16.5. The molecule has 518 valence electrons. The van der Waals surface area contributed by atoms with Gasteiger partial charge in [0.25, 0.3) is 0 Å². The summed E-state index contributed by atoms with van der Waals surface area (Å²) in [7, 11) is 3.76. The van der Waals surface area contributed by atoms with Gasteiger partial charge in [0.1, 0.15) is 25.5 Å². The number of ether oxygens (including phenoxy) is 2. The molecule has 0 radical (unpaired) electrons. The summed E-state index contributed by atoms with van der Waals surface area (Å²) in [6, 6.07) is 17.6. The monoisotopic (exact) mass is 1270 g/mol. The molecule has 4 atom stereocenters. The molecular weight excluding hydrogens is 1150 g/mol. The third kappa shape index (κ3) is 81.4. The Labute approximate surface area is 541 Å². The lowest BCUT2D eigenvalue weighted by Gasteiger charge is -2.15. The van der Waals surface area contributed by atoms with Gasteiger partial charge in [0.15, 0.2) is 11.6 Å². The minimum Gasteiger partial charge on any atom is -0.390 e. The Morgan fingerprint density at radius 1 is 0.667 bits per heavy atom. The average molecular weight is 1270 g/mol. The first-order chi connectivity index (χ1) is 43.0. The molecule has 2 rings (SSSR count). The number of likely N-dealkylation sites (N-methyl/N-ethyl adjacent to an activating group) is 1. The van der Waals surface area contributed by atoms with Crippen molar-refractivity contribution >= 4 is 66.8 Å². The summed E-state index contributed by atoms with van der Waals surface area (Å²) >= 11 is 0. The number of nitrogens with zero attached hydrogens (tertiary/aromatic N) is 1. The molecule has 3 unspecified atom stereocenters. The van der Waals surface area contributed by atoms with Crippen molar-refractivity contribution in [3.8, 4) is 0 Å². The van der Waals surface area contributed by atoms with E-state index in [4.69, 9.17) is 26.7 Å². The number of amides is 5. The van der Waals surface area contributed by atoms with Gasteiger partial charge in [0, 0.05) is 44.9 Å². The molecule has 23 heteroatoms. The first-order valence-corrected chi connectivity index (χ1v) is 31.9. The number of nitrogens with one attached hydrogen (secondary N) is 7. The zero-order chi connectivity index (χ0) is 69.4. The second-order valence-corrected chi connectivity index (χ2v) is 21.2. The van der Waals surface area contributed by atoms with Crippen LogP contribution >= 0.6 is 0 Å². The van der Waals surface area contributed by atoms with Crippen molar-refractivity contribution in [2.24, 2.45) is 28.1 Å². The Kier molecular flexibility index (Phi) is 78.6. The highest BCUT2D eigenvalue weighted by Gasteiger charge is 2.16. The van der Waals surface area contributed by atoms with Crippen LogP contribution in [0.4, 0.5) is 0 Å². The van der Waals surface area contributed by atoms with Crippen LogP contribution in [0.25, 0.3) is 0 Å². The molecule has 13 N–H and O–H groups in total. The number of aldehydes is 3. The predicted molar refractivity (Wildman–Crippen MR) is 365 cm³/mol. The number of Topliss-reactive ketones (excluding diaryl/α,β-unsaturated/α-hetero) is 2. The number of aryl methyl sites for hydroxylation is 2. The first-order valence-electron chi connectivity index (χ1n) is 31.9. The zero-order valence-corrected chi connectivity index (χ0v) is 57.4. The summed E-state index contributed by atoms with van der Waals surface area (Å²) in [6.07, 6.45) is 18.4. The molecule has 5 amide bonds. The van der Waals surface area contributed by atoms with Gasteiger partial charge in [0.2, 0.25) is 30.0 Å². The molecular formula is C67H123N11O12. The van der Waals surface area contributed by atoms with E-state index in [-0.39, 0.29) is 54.4 Å². The molecule has 0 bridgehead atoms. The van der Waals surface area contributed by atoms with E-state index in [1.165, 1.54) is 63.4 Å². The SMILES string of the molecule is CC(=O)C(CCCN=CN)NC(=O)CNC=O.CC(C)CC(=O)NC(C=O)Cc1ccccc1.CCC(=O)NCCCCC(=O)NCCOCCOCC(C)=O.CCCCCCC(C)NC.CCCN.CCC[C@H](N)C=O.CNCC=O.Cc1cccc(C)c1. The number of ketones is 2. The van der Waals surface area contributed by atoms with Gasteiger partial charge in [-0.15, -0.1) is 0 Å². The molecule has 23 nitrogen and oxygen atoms in total. The molecule has 0 aromatic heterocycles. The molecule has 0 spiro atoms. The average Bonchev–Trinajstić information content (AvgIpc) is 3.73. The van der Waals surface area contributed by atoms with Crippen molar-refractivity contribution in [3.05, 3.63) is 71.3 Å². The van der Waals surface area contributed by atoms with Crippen LogP contribution in [0.1, 0.15) is 175 Å². The van der Waals surface area contributed by atoms with Crippen LogP contribution in [0.3, 0.4) is 0 Å². The van der Waals surface area contributed by atoms with E-state index in [0.717, 1.165) is 63.1 Å². The van der Waals surface area contributed by atoms with E-state index < -0.39 is 12.1 Å². The Hall–Kier alpha value is -6.63. The maximum absolute atomic E-state index is 11.5. The number of benzene rings is 2. The van der Waals surface area contributed by atoms with Crippen molar-refractivity contribution in [2.75, 3.05) is 79.8 Å². The lowest BCUT2D eigenvalue weighted by Crippen LogP contribution is -2.43. The fourth-order valence-corrected chi connectivity index (χ4v) is 6.72. The van der Waals surface area contributed by atoms with Crippen LogP contribution in [-0.2, 0) is 63.8 Å². The van der Waals surface area contributed by atoms with E-state index in [0.29, 0.717) is 103 Å². The van der Waals surface area contributed by atoms with Crippen LogP contribution in [0, 0.1) is 19.8 Å². The highest BCUT2D eigenvalue weighted by Crippen LogP contribution is 2.06. The van der Waals surface area contributed by atoms with Crippen LogP contribution in [0.2, 0.25) is 0 Å². The second-order valence-electron chi connectivity index (χ2n) is 21.2. The summed E-state index contributed by atoms with van der Waals surface area (Å²) in [5.41, 5.74) is 19.0. The number of carbonyl (C=O) groups is 10. The Morgan fingerprint density at radius 2 is 1.30 bits per heavy atom. The van der Waals surface area contributed by atoms with Crippen LogP contribution in [0.15, 0.2) is 59.6 Å². The third-order valence-corrected chi connectivity index (χ3v) is 11.7. The van der Waals surface area contributed by atoms with E-state index in [1.54, 1.807) is 14.0 Å². The van der Waals surface area contributed by atoms with Gasteiger partial charge in [-0.2, -0.15) is 0 Å². The summed E-state index contributed by atoms with van der Waals surface area (Å²) < 4.78 is 10.3. The molecule has 90 heavy (non-hydrogen) atoms. The normalized spacial score (nSPS) is 11.2. The molecule has 0 heterocycles. The molecule has 0 aliphatic rings. The Bertz CT molecular complexity index is 2050. The lowest BCUT2D eigenvalue weighted by molar-refractivity contribution is -0.127. The molecule has 0 aliphatic heterocycles. The van der Waals surface area contributed by atoms with E-state index in [1.807, 2.05) is 58.2 Å². The number of carbonyl (C=O) groups excluding carboxylic acids is 10. The lowest BCUT2D eigenvalue weighted by atomic mass is 10.1. The topological polar surface area (TPSA) is 364 Å². The standard InChI is InChI=1S/C15H28N2O5.C14H19NO2.C10H18N4O3.C9H21N.C8H10.C5H11NO.C3H7NO.C3H9N/c1-3-14(19)16-7-5-4-6-15(20)17-8-9-21-10-11-22-12-13(2)18;1-11(2)8-14(17)15-13(10-16)9-12-6-4-3-5-7-12;1-8(16)9(3-2-4-12-6-11)14-10(17)5-13-7-15;1-4-5-6-7-8-9(2)10-3;1-7-4-3-5-8(2)6-7;1-2-3-5(6)4-7;1-4-2-3-5;1-2-3-4/h3-12H2,1-2H3,(H,16,19)(H,17,20);3-7,10-11,13H,8-9H2,1-2H3,(H,15,17);6-7,9H,2-5H2,1H3,(H2,11,12)(H,13,15)(H,14,17);9-10H,4-8H2,1-3H3;3-6H,1-2H3;4-5H,2-3,6H2,1H3;3-4H,2H2,1H3;2-4H2,1H3/t;;;;;5-;;/m.....0../s1.